The van der Waals surface area contributed by atoms with Gasteiger partial charge >= 0.3 is 0 Å². The van der Waals surface area contributed by atoms with Crippen LogP contribution in [0.4, 0.5) is 0 Å². The van der Waals surface area contributed by atoms with Crippen LogP contribution in [-0.2, 0) is 6.54 Å². The molecule has 4 atom stereocenters. The molecule has 4 nitrogen and oxygen atoms in total. The minimum atomic E-state index is 0.356. The molecule has 0 spiro atoms. The van der Waals surface area contributed by atoms with Gasteiger partial charge in [0.2, 0.25) is 6.79 Å². The predicted octanol–water partition coefficient (Wildman–Crippen LogP) is -0.210. The number of ether oxygens (including phenoxy) is 2. The Morgan fingerprint density at radius 2 is 2.05 bits per heavy atom. The molecule has 2 aliphatic heterocycles. The van der Waals surface area contributed by atoms with Crippen molar-refractivity contribution < 1.29 is 19.7 Å². The van der Waals surface area contributed by atoms with Crippen LogP contribution in [0.2, 0.25) is 0 Å². The van der Waals surface area contributed by atoms with Gasteiger partial charge < -0.3 is 19.7 Å². The summed E-state index contributed by atoms with van der Waals surface area (Å²) < 4.78 is 10.8. The maximum atomic E-state index is 5.44. The number of nitrogens with two attached hydrogens (primary N) is 1. The van der Waals surface area contributed by atoms with Crippen molar-refractivity contribution in [2.75, 3.05) is 20.4 Å². The molecule has 0 aliphatic carbocycles. The van der Waals surface area contributed by atoms with Crippen molar-refractivity contribution in [3.63, 3.8) is 0 Å². The van der Waals surface area contributed by atoms with Crippen LogP contribution in [0.1, 0.15) is 25.8 Å². The summed E-state index contributed by atoms with van der Waals surface area (Å²) >= 11 is 0. The smallest absolute Gasteiger partial charge is 0.231 e. The molecule has 0 bridgehead atoms. The average Bonchev–Trinajstić information content (AvgIpc) is 2.89. The summed E-state index contributed by atoms with van der Waals surface area (Å²) in [6, 6.07) is 7.80. The van der Waals surface area contributed by atoms with E-state index in [1.165, 1.54) is 18.5 Å². The summed E-state index contributed by atoms with van der Waals surface area (Å²) in [4.78, 5) is 1.67. The number of benzene rings is 1. The summed E-state index contributed by atoms with van der Waals surface area (Å²) in [5.74, 6) is 2.55. The first kappa shape index (κ1) is 13.7. The Kier molecular flexibility index (Phi) is 3.85. The van der Waals surface area contributed by atoms with E-state index in [1.54, 1.807) is 4.90 Å². The van der Waals surface area contributed by atoms with Crippen LogP contribution in [-0.4, -0.2) is 32.5 Å². The lowest BCUT2D eigenvalue weighted by molar-refractivity contribution is -0.923. The summed E-state index contributed by atoms with van der Waals surface area (Å²) in [5.41, 5.74) is 1.32. The Balaban J connectivity index is 1.59. The molecule has 1 unspecified atom stereocenters. The molecule has 1 saturated heterocycles. The second-order valence-electron chi connectivity index (χ2n) is 6.46. The van der Waals surface area contributed by atoms with E-state index in [2.05, 4.69) is 38.3 Å². The molecule has 2 heterocycles. The summed E-state index contributed by atoms with van der Waals surface area (Å²) in [7, 11) is 2.31. The van der Waals surface area contributed by atoms with Crippen molar-refractivity contribution in [3.05, 3.63) is 23.8 Å². The van der Waals surface area contributed by atoms with Crippen molar-refractivity contribution in [1.82, 2.24) is 0 Å². The largest absolute Gasteiger partial charge is 0.454 e. The molecule has 1 aromatic rings. The standard InChI is InChI=1S/C16H24N2O2/c1-11-9-18(3)12(2)6-14(11)17-8-13-4-5-15-16(7-13)20-10-19-15/h4-5,7,11-12,14,17H,6,8-10H2,1-3H3/p+2/t11-,12+,14+/m1/s1. The van der Waals surface area contributed by atoms with E-state index in [0.717, 1.165) is 36.0 Å². The molecule has 4 heteroatoms. The normalized spacial score (nSPS) is 32.4. The molecule has 2 aliphatic rings. The maximum absolute atomic E-state index is 5.44. The first-order chi connectivity index (χ1) is 9.63. The van der Waals surface area contributed by atoms with Gasteiger partial charge in [0, 0.05) is 5.56 Å². The van der Waals surface area contributed by atoms with Crippen LogP contribution in [0, 0.1) is 5.92 Å². The van der Waals surface area contributed by atoms with Crippen LogP contribution < -0.4 is 19.7 Å². The van der Waals surface area contributed by atoms with Crippen LogP contribution in [0.25, 0.3) is 0 Å². The lowest BCUT2D eigenvalue weighted by Crippen LogP contribution is -3.16. The highest BCUT2D eigenvalue weighted by molar-refractivity contribution is 5.44. The molecule has 0 radical (unpaired) electrons. The SMILES string of the molecule is C[C@@H]1C[NH+](C)[C@@H](C)C[C@@H]1[NH2+]Cc1ccc2c(c1)OCO2. The fourth-order valence-corrected chi connectivity index (χ4v) is 3.39. The number of hydrogen-bond acceptors (Lipinski definition) is 2. The number of rotatable bonds is 3. The highest BCUT2D eigenvalue weighted by Gasteiger charge is 2.34. The maximum Gasteiger partial charge on any atom is 0.231 e. The number of quaternary nitrogens is 2. The van der Waals surface area contributed by atoms with Crippen molar-refractivity contribution >= 4 is 0 Å². The van der Waals surface area contributed by atoms with Gasteiger partial charge in [-0.2, -0.15) is 0 Å². The highest BCUT2D eigenvalue weighted by atomic mass is 16.7. The molecule has 20 heavy (non-hydrogen) atoms. The van der Waals surface area contributed by atoms with Gasteiger partial charge in [0.05, 0.1) is 38.0 Å². The molecule has 3 N–H and O–H groups in total. The van der Waals surface area contributed by atoms with Gasteiger partial charge in [0.25, 0.3) is 0 Å². The summed E-state index contributed by atoms with van der Waals surface area (Å²) in [5, 5.41) is 2.51. The highest BCUT2D eigenvalue weighted by Crippen LogP contribution is 2.32. The van der Waals surface area contributed by atoms with Gasteiger partial charge in [-0.25, -0.2) is 0 Å². The van der Waals surface area contributed by atoms with E-state index in [0.29, 0.717) is 6.79 Å². The van der Waals surface area contributed by atoms with Crippen molar-refractivity contribution in [2.45, 2.75) is 38.9 Å². The number of hydrogen-bond donors (Lipinski definition) is 2. The molecular weight excluding hydrogens is 252 g/mol. The van der Waals surface area contributed by atoms with Gasteiger partial charge in [-0.3, -0.25) is 0 Å². The summed E-state index contributed by atoms with van der Waals surface area (Å²) in [6.45, 7) is 7.41. The summed E-state index contributed by atoms with van der Waals surface area (Å²) in [6.07, 6.45) is 1.30. The third kappa shape index (κ3) is 2.76. The Labute approximate surface area is 121 Å². The lowest BCUT2D eigenvalue weighted by Gasteiger charge is -2.35. The van der Waals surface area contributed by atoms with Gasteiger partial charge in [0.1, 0.15) is 6.54 Å². The van der Waals surface area contributed by atoms with Crippen molar-refractivity contribution in [1.29, 1.82) is 0 Å². The molecular formula is C16H26N2O2+2. The molecule has 1 aromatic carbocycles. The van der Waals surface area contributed by atoms with Crippen LogP contribution >= 0.6 is 0 Å². The number of likely N-dealkylation sites (tertiary alicyclic amines) is 1. The van der Waals surface area contributed by atoms with Crippen molar-refractivity contribution in [3.8, 4) is 11.5 Å². The van der Waals surface area contributed by atoms with Gasteiger partial charge in [-0.1, -0.05) is 6.92 Å². The average molecular weight is 278 g/mol. The van der Waals surface area contributed by atoms with Crippen LogP contribution in [0.15, 0.2) is 18.2 Å². The lowest BCUT2D eigenvalue weighted by atomic mass is 9.89. The zero-order valence-electron chi connectivity index (χ0n) is 12.7. The third-order valence-electron chi connectivity index (χ3n) is 4.94. The fourth-order valence-electron chi connectivity index (χ4n) is 3.39. The van der Waals surface area contributed by atoms with E-state index < -0.39 is 0 Å². The molecule has 110 valence electrons. The third-order valence-corrected chi connectivity index (χ3v) is 4.94. The van der Waals surface area contributed by atoms with E-state index >= 15 is 0 Å². The molecule has 3 rings (SSSR count). The minimum Gasteiger partial charge on any atom is -0.454 e. The zero-order valence-corrected chi connectivity index (χ0v) is 12.7. The van der Waals surface area contributed by atoms with Gasteiger partial charge in [0.15, 0.2) is 11.5 Å². The Bertz CT molecular complexity index is 478. The van der Waals surface area contributed by atoms with Crippen LogP contribution in [0.5, 0.6) is 11.5 Å². The molecule has 0 saturated carbocycles. The van der Waals surface area contributed by atoms with Gasteiger partial charge in [-0.15, -0.1) is 0 Å². The minimum absolute atomic E-state index is 0.356. The van der Waals surface area contributed by atoms with Crippen LogP contribution in [0.3, 0.4) is 0 Å². The van der Waals surface area contributed by atoms with E-state index in [9.17, 15) is 0 Å². The first-order valence-electron chi connectivity index (χ1n) is 7.67. The van der Waals surface area contributed by atoms with E-state index in [-0.39, 0.29) is 0 Å². The van der Waals surface area contributed by atoms with Crippen molar-refractivity contribution in [2.24, 2.45) is 5.92 Å². The monoisotopic (exact) mass is 278 g/mol. The predicted molar refractivity (Wildman–Crippen MR) is 77.0 cm³/mol. The number of fused-ring (bicyclic) bond motifs is 1. The number of nitrogens with one attached hydrogen (secondary N) is 1. The second-order valence-corrected chi connectivity index (χ2v) is 6.46. The first-order valence-corrected chi connectivity index (χ1v) is 7.67. The number of piperidine rings is 1. The quantitative estimate of drug-likeness (QED) is 0.803. The van der Waals surface area contributed by atoms with E-state index in [4.69, 9.17) is 9.47 Å². The topological polar surface area (TPSA) is 39.5 Å². The molecule has 0 amide bonds. The molecule has 1 fully saturated rings. The van der Waals surface area contributed by atoms with Gasteiger partial charge in [-0.05, 0) is 25.1 Å². The van der Waals surface area contributed by atoms with E-state index in [1.807, 2.05) is 6.07 Å². The fraction of sp³-hybridized carbons (Fsp3) is 0.625. The second kappa shape index (κ2) is 5.62. The Morgan fingerprint density at radius 3 is 2.90 bits per heavy atom. The Hall–Kier alpha value is -1.26. The Morgan fingerprint density at radius 1 is 1.25 bits per heavy atom. The zero-order chi connectivity index (χ0) is 14.1. The molecule has 0 aromatic heterocycles.